The molecule has 0 spiro atoms. The van der Waals surface area contributed by atoms with Crippen LogP contribution in [0.5, 0.6) is 0 Å². The molecular formula is C12H18N4O2S. The first-order valence-corrected chi connectivity index (χ1v) is 7.17. The largest absolute Gasteiger partial charge is 0.356 e. The monoisotopic (exact) mass is 282 g/mol. The molecule has 1 aromatic rings. The lowest BCUT2D eigenvalue weighted by Crippen LogP contribution is -2.34. The van der Waals surface area contributed by atoms with E-state index in [0.717, 1.165) is 5.01 Å². The number of hydrogen-bond donors (Lipinski definition) is 1. The summed E-state index contributed by atoms with van der Waals surface area (Å²) in [4.78, 5) is 25.4. The summed E-state index contributed by atoms with van der Waals surface area (Å²) in [6.45, 7) is 6.96. The molecule has 1 N–H and O–H groups in total. The Kier molecular flexibility index (Phi) is 4.14. The van der Waals surface area contributed by atoms with Gasteiger partial charge in [-0.2, -0.15) is 0 Å². The van der Waals surface area contributed by atoms with Crippen LogP contribution < -0.4 is 10.2 Å². The lowest BCUT2D eigenvalue weighted by molar-refractivity contribution is -0.126. The topological polar surface area (TPSA) is 75.2 Å². The normalized spacial score (nSPS) is 19.3. The second-order valence-corrected chi connectivity index (χ2v) is 6.31. The molecular weight excluding hydrogens is 264 g/mol. The van der Waals surface area contributed by atoms with Gasteiger partial charge in [0, 0.05) is 19.5 Å². The highest BCUT2D eigenvalue weighted by Gasteiger charge is 2.36. The van der Waals surface area contributed by atoms with Gasteiger partial charge < -0.3 is 5.32 Å². The van der Waals surface area contributed by atoms with Gasteiger partial charge in [0.15, 0.2) is 0 Å². The molecule has 6 nitrogen and oxygen atoms in total. The molecule has 0 aliphatic carbocycles. The van der Waals surface area contributed by atoms with Crippen molar-refractivity contribution in [1.29, 1.82) is 0 Å². The van der Waals surface area contributed by atoms with Crippen molar-refractivity contribution in [2.45, 2.75) is 27.2 Å². The zero-order valence-electron chi connectivity index (χ0n) is 11.3. The number of hydrogen-bond acceptors (Lipinski definition) is 5. The van der Waals surface area contributed by atoms with Gasteiger partial charge in [0.2, 0.25) is 16.9 Å². The van der Waals surface area contributed by atoms with Crippen LogP contribution in [0.4, 0.5) is 5.13 Å². The second kappa shape index (κ2) is 5.64. The van der Waals surface area contributed by atoms with E-state index in [-0.39, 0.29) is 24.2 Å². The first-order chi connectivity index (χ1) is 8.97. The Balaban J connectivity index is 1.97. The number of nitrogens with zero attached hydrogens (tertiary/aromatic N) is 3. The average Bonchev–Trinajstić information content (AvgIpc) is 2.92. The molecule has 7 heteroatoms. The first-order valence-electron chi connectivity index (χ1n) is 6.35. The Morgan fingerprint density at radius 1 is 1.53 bits per heavy atom. The van der Waals surface area contributed by atoms with E-state index in [4.69, 9.17) is 0 Å². The molecule has 0 saturated carbocycles. The molecule has 1 aliphatic heterocycles. The molecule has 0 bridgehead atoms. The van der Waals surface area contributed by atoms with E-state index in [2.05, 4.69) is 15.5 Å². The summed E-state index contributed by atoms with van der Waals surface area (Å²) < 4.78 is 0. The summed E-state index contributed by atoms with van der Waals surface area (Å²) in [5, 5.41) is 12.1. The van der Waals surface area contributed by atoms with Crippen LogP contribution in [0.1, 0.15) is 25.3 Å². The molecule has 2 heterocycles. The zero-order valence-corrected chi connectivity index (χ0v) is 12.2. The van der Waals surface area contributed by atoms with E-state index in [1.54, 1.807) is 4.90 Å². The van der Waals surface area contributed by atoms with Crippen LogP contribution in [0.2, 0.25) is 0 Å². The predicted molar refractivity (Wildman–Crippen MR) is 73.0 cm³/mol. The van der Waals surface area contributed by atoms with Gasteiger partial charge >= 0.3 is 0 Å². The minimum Gasteiger partial charge on any atom is -0.356 e. The van der Waals surface area contributed by atoms with Gasteiger partial charge in [0.25, 0.3) is 0 Å². The smallest absolute Gasteiger partial charge is 0.229 e. The molecule has 1 aromatic heterocycles. The first kappa shape index (κ1) is 13.9. The molecule has 0 radical (unpaired) electrons. The van der Waals surface area contributed by atoms with Crippen LogP contribution >= 0.6 is 11.3 Å². The van der Waals surface area contributed by atoms with E-state index in [1.807, 2.05) is 20.8 Å². The van der Waals surface area contributed by atoms with E-state index in [1.165, 1.54) is 11.3 Å². The fourth-order valence-electron chi connectivity index (χ4n) is 1.91. The number of amides is 2. The number of nitrogens with one attached hydrogen (secondary N) is 1. The van der Waals surface area contributed by atoms with Gasteiger partial charge in [-0.1, -0.05) is 25.2 Å². The van der Waals surface area contributed by atoms with Crippen molar-refractivity contribution in [3.05, 3.63) is 5.01 Å². The molecule has 1 unspecified atom stereocenters. The van der Waals surface area contributed by atoms with E-state index >= 15 is 0 Å². The summed E-state index contributed by atoms with van der Waals surface area (Å²) >= 11 is 1.37. The SMILES string of the molecule is Cc1nnc(N2CC(C(=O)NCC(C)C)CC2=O)s1. The summed E-state index contributed by atoms with van der Waals surface area (Å²) in [6.07, 6.45) is 0.253. The van der Waals surface area contributed by atoms with E-state index < -0.39 is 0 Å². The summed E-state index contributed by atoms with van der Waals surface area (Å²) in [5.41, 5.74) is 0. The van der Waals surface area contributed by atoms with E-state index in [0.29, 0.717) is 24.1 Å². The summed E-state index contributed by atoms with van der Waals surface area (Å²) in [6, 6.07) is 0. The summed E-state index contributed by atoms with van der Waals surface area (Å²) in [7, 11) is 0. The highest BCUT2D eigenvalue weighted by Crippen LogP contribution is 2.27. The van der Waals surface area contributed by atoms with Crippen LogP contribution in [0, 0.1) is 18.8 Å². The lowest BCUT2D eigenvalue weighted by Gasteiger charge is -2.13. The van der Waals surface area contributed by atoms with Crippen LogP contribution in [0.3, 0.4) is 0 Å². The Morgan fingerprint density at radius 2 is 2.26 bits per heavy atom. The molecule has 0 aromatic carbocycles. The van der Waals surface area contributed by atoms with Gasteiger partial charge in [-0.25, -0.2) is 0 Å². The van der Waals surface area contributed by atoms with Gasteiger partial charge in [0.1, 0.15) is 5.01 Å². The molecule has 1 fully saturated rings. The van der Waals surface area contributed by atoms with Crippen molar-refractivity contribution in [1.82, 2.24) is 15.5 Å². The van der Waals surface area contributed by atoms with Gasteiger partial charge in [0.05, 0.1) is 5.92 Å². The van der Waals surface area contributed by atoms with Gasteiger partial charge in [-0.05, 0) is 12.8 Å². The van der Waals surface area contributed by atoms with Crippen LogP contribution in [-0.2, 0) is 9.59 Å². The Hall–Kier alpha value is -1.50. The fourth-order valence-corrected chi connectivity index (χ4v) is 2.63. The fraction of sp³-hybridized carbons (Fsp3) is 0.667. The maximum atomic E-state index is 12.0. The third kappa shape index (κ3) is 3.28. The van der Waals surface area contributed by atoms with Crippen molar-refractivity contribution in [3.8, 4) is 0 Å². The molecule has 2 rings (SSSR count). The third-order valence-electron chi connectivity index (χ3n) is 2.93. The molecule has 1 aliphatic rings. The average molecular weight is 282 g/mol. The highest BCUT2D eigenvalue weighted by atomic mass is 32.1. The highest BCUT2D eigenvalue weighted by molar-refractivity contribution is 7.15. The summed E-state index contributed by atoms with van der Waals surface area (Å²) in [5.74, 6) is 0.0186. The molecule has 19 heavy (non-hydrogen) atoms. The quantitative estimate of drug-likeness (QED) is 0.893. The second-order valence-electron chi connectivity index (χ2n) is 5.15. The van der Waals surface area contributed by atoms with Crippen molar-refractivity contribution in [3.63, 3.8) is 0 Å². The Morgan fingerprint density at radius 3 is 2.84 bits per heavy atom. The third-order valence-corrected chi connectivity index (χ3v) is 3.79. The standard InChI is InChI=1S/C12H18N4O2S/c1-7(2)5-13-11(18)9-4-10(17)16(6-9)12-15-14-8(3)19-12/h7,9H,4-6H2,1-3H3,(H,13,18). The van der Waals surface area contributed by atoms with Crippen LogP contribution in [0.15, 0.2) is 0 Å². The molecule has 104 valence electrons. The minimum absolute atomic E-state index is 0.0502. The van der Waals surface area contributed by atoms with Gasteiger partial charge in [-0.15, -0.1) is 10.2 Å². The Bertz CT molecular complexity index is 486. The van der Waals surface area contributed by atoms with Crippen molar-refractivity contribution in [2.24, 2.45) is 11.8 Å². The lowest BCUT2D eigenvalue weighted by atomic mass is 10.1. The number of anilines is 1. The number of rotatable bonds is 4. The van der Waals surface area contributed by atoms with Crippen LogP contribution in [0.25, 0.3) is 0 Å². The van der Waals surface area contributed by atoms with Crippen molar-refractivity contribution >= 4 is 28.3 Å². The number of aromatic nitrogens is 2. The van der Waals surface area contributed by atoms with Crippen LogP contribution in [-0.4, -0.2) is 35.1 Å². The maximum absolute atomic E-state index is 12.0. The predicted octanol–water partition coefficient (Wildman–Crippen LogP) is 0.972. The molecule has 2 amide bonds. The molecule has 1 saturated heterocycles. The van der Waals surface area contributed by atoms with Crippen molar-refractivity contribution < 1.29 is 9.59 Å². The number of carbonyl (C=O) groups excluding carboxylic acids is 2. The Labute approximate surface area is 116 Å². The molecule has 1 atom stereocenters. The van der Waals surface area contributed by atoms with Crippen molar-refractivity contribution in [2.75, 3.05) is 18.0 Å². The minimum atomic E-state index is -0.282. The zero-order chi connectivity index (χ0) is 14.0. The maximum Gasteiger partial charge on any atom is 0.229 e. The number of carbonyl (C=O) groups is 2. The van der Waals surface area contributed by atoms with Gasteiger partial charge in [-0.3, -0.25) is 14.5 Å². The van der Waals surface area contributed by atoms with E-state index in [9.17, 15) is 9.59 Å². The number of aryl methyl sites for hydroxylation is 1.